The minimum Gasteiger partial charge on any atom is -0.394 e. The number of hydrogen-bond acceptors (Lipinski definition) is 5. The Morgan fingerprint density at radius 2 is 2.13 bits per heavy atom. The molecule has 0 aromatic carbocycles. The highest BCUT2D eigenvalue weighted by atomic mass is 32.2. The van der Waals surface area contributed by atoms with E-state index in [0.717, 1.165) is 0 Å². The number of thioether (sulfide) groups is 1. The van der Waals surface area contributed by atoms with Crippen LogP contribution in [0.15, 0.2) is 0 Å². The zero-order chi connectivity index (χ0) is 11.4. The van der Waals surface area contributed by atoms with Crippen LogP contribution in [0.1, 0.15) is 19.3 Å². The second-order valence-corrected chi connectivity index (χ2v) is 4.16. The van der Waals surface area contributed by atoms with Gasteiger partial charge in [0.2, 0.25) is 6.29 Å². The Bertz CT molecular complexity index is 164. The first kappa shape index (κ1) is 14.6. The summed E-state index contributed by atoms with van der Waals surface area (Å²) in [5.41, 5.74) is 0. The molecule has 0 fully saturated rings. The van der Waals surface area contributed by atoms with Crippen molar-refractivity contribution in [1.82, 2.24) is 0 Å². The van der Waals surface area contributed by atoms with Crippen molar-refractivity contribution in [2.75, 3.05) is 25.6 Å². The van der Waals surface area contributed by atoms with Gasteiger partial charge in [0.1, 0.15) is 0 Å². The number of ether oxygens (including phenoxy) is 1. The molecule has 0 aromatic rings. The number of carbonyl (C=O) groups excluding carboxylic acids is 2. The van der Waals surface area contributed by atoms with Crippen LogP contribution < -0.4 is 0 Å². The second-order valence-electron chi connectivity index (χ2n) is 2.85. The van der Waals surface area contributed by atoms with E-state index < -0.39 is 0 Å². The summed E-state index contributed by atoms with van der Waals surface area (Å²) < 4.78 is 5.04. The Balaban J connectivity index is 3.35. The van der Waals surface area contributed by atoms with Crippen LogP contribution in [0.2, 0.25) is 0 Å². The minimum absolute atomic E-state index is 0.0169. The van der Waals surface area contributed by atoms with Crippen molar-refractivity contribution < 1.29 is 19.4 Å². The molecule has 4 nitrogen and oxygen atoms in total. The molecule has 0 heterocycles. The van der Waals surface area contributed by atoms with Crippen LogP contribution in [0.25, 0.3) is 0 Å². The van der Waals surface area contributed by atoms with Gasteiger partial charge in [0.15, 0.2) is 6.29 Å². The van der Waals surface area contributed by atoms with Crippen molar-refractivity contribution in [3.8, 4) is 0 Å². The zero-order valence-electron chi connectivity index (χ0n) is 8.61. The third kappa shape index (κ3) is 9.90. The summed E-state index contributed by atoms with van der Waals surface area (Å²) in [6.07, 6.45) is 5.43. The summed E-state index contributed by atoms with van der Waals surface area (Å²) in [5.74, 6) is 0.699. The smallest absolute Gasteiger partial charge is 0.212 e. The average molecular weight is 232 g/mol. The minimum atomic E-state index is -0.184. The Morgan fingerprint density at radius 1 is 1.33 bits per heavy atom. The molecule has 0 bridgehead atoms. The molecule has 0 aliphatic carbocycles. The Labute approximate surface area is 94.4 Å². The van der Waals surface area contributed by atoms with Gasteiger partial charge in [-0.1, -0.05) is 0 Å². The lowest BCUT2D eigenvalue weighted by Gasteiger charge is -2.07. The van der Waals surface area contributed by atoms with Crippen LogP contribution in [0.5, 0.6) is 0 Å². The van der Waals surface area contributed by atoms with Gasteiger partial charge >= 0.3 is 0 Å². The maximum Gasteiger partial charge on any atom is 0.212 e. The van der Waals surface area contributed by atoms with E-state index in [9.17, 15) is 9.59 Å². The molecular weight excluding hydrogens is 216 g/mol. The lowest BCUT2D eigenvalue weighted by molar-refractivity contribution is 0.103. The molecule has 5 heteroatoms. The van der Waals surface area contributed by atoms with E-state index in [2.05, 4.69) is 0 Å². The van der Waals surface area contributed by atoms with Crippen molar-refractivity contribution in [2.24, 2.45) is 0 Å². The first-order valence-corrected chi connectivity index (χ1v) is 5.93. The standard InChI is InChI=1S/C10H16O4S/c11-4-2-1-3-10(9-13)15-8-7-14-6-5-12/h10,12H,1-3,5-8H2. The second kappa shape index (κ2) is 11.7. The highest BCUT2D eigenvalue weighted by molar-refractivity contribution is 8.00. The zero-order valence-corrected chi connectivity index (χ0v) is 9.42. The summed E-state index contributed by atoms with van der Waals surface area (Å²) in [6, 6.07) is 0. The Morgan fingerprint density at radius 3 is 2.73 bits per heavy atom. The van der Waals surface area contributed by atoms with Crippen molar-refractivity contribution in [1.29, 1.82) is 0 Å². The summed E-state index contributed by atoms with van der Waals surface area (Å²) in [4.78, 5) is 20.4. The first-order chi connectivity index (χ1) is 7.35. The molecule has 1 atom stereocenters. The number of unbranched alkanes of at least 4 members (excludes halogenated alkanes) is 1. The summed E-state index contributed by atoms with van der Waals surface area (Å²) in [5, 5.41) is 8.25. The predicted molar refractivity (Wildman–Crippen MR) is 59.4 cm³/mol. The van der Waals surface area contributed by atoms with E-state index in [0.29, 0.717) is 38.2 Å². The largest absolute Gasteiger partial charge is 0.394 e. The molecule has 0 saturated heterocycles. The maximum atomic E-state index is 10.5. The molecule has 0 aliphatic rings. The SMILES string of the molecule is O=[C]CCCC([C]=O)SCCOCCO. The van der Waals surface area contributed by atoms with Crippen molar-refractivity contribution in [3.05, 3.63) is 0 Å². The Hall–Kier alpha value is -0.390. The maximum absolute atomic E-state index is 10.5. The van der Waals surface area contributed by atoms with Crippen LogP contribution in [0.4, 0.5) is 0 Å². The Kier molecular flexibility index (Phi) is 11.4. The van der Waals surface area contributed by atoms with Gasteiger partial charge in [-0.15, -0.1) is 11.8 Å². The van der Waals surface area contributed by atoms with Crippen LogP contribution >= 0.6 is 11.8 Å². The van der Waals surface area contributed by atoms with Gasteiger partial charge in [0.25, 0.3) is 0 Å². The molecule has 0 rings (SSSR count). The van der Waals surface area contributed by atoms with Crippen LogP contribution in [-0.4, -0.2) is 48.5 Å². The lowest BCUT2D eigenvalue weighted by Crippen LogP contribution is -2.09. The quantitative estimate of drug-likeness (QED) is 0.525. The normalized spacial score (nSPS) is 12.3. The van der Waals surface area contributed by atoms with E-state index in [1.807, 2.05) is 6.29 Å². The molecular formula is C10H16O4S. The molecule has 0 aliphatic heterocycles. The number of aliphatic hydroxyl groups is 1. The number of aliphatic hydroxyl groups excluding tert-OH is 1. The highest BCUT2D eigenvalue weighted by Crippen LogP contribution is 2.14. The number of hydrogen-bond donors (Lipinski definition) is 1. The lowest BCUT2D eigenvalue weighted by atomic mass is 10.2. The molecule has 2 radical (unpaired) electrons. The summed E-state index contributed by atoms with van der Waals surface area (Å²) in [7, 11) is 0. The topological polar surface area (TPSA) is 63.6 Å². The van der Waals surface area contributed by atoms with Crippen LogP contribution in [-0.2, 0) is 14.3 Å². The summed E-state index contributed by atoms with van der Waals surface area (Å²) >= 11 is 1.46. The van der Waals surface area contributed by atoms with Gasteiger partial charge in [0, 0.05) is 12.2 Å². The van der Waals surface area contributed by atoms with E-state index in [4.69, 9.17) is 9.84 Å². The van der Waals surface area contributed by atoms with E-state index >= 15 is 0 Å². The van der Waals surface area contributed by atoms with Gasteiger partial charge in [-0.05, 0) is 12.8 Å². The van der Waals surface area contributed by atoms with Gasteiger partial charge in [-0.2, -0.15) is 0 Å². The van der Waals surface area contributed by atoms with E-state index in [1.54, 1.807) is 6.29 Å². The summed E-state index contributed by atoms with van der Waals surface area (Å²) in [6.45, 7) is 0.864. The van der Waals surface area contributed by atoms with E-state index in [-0.39, 0.29) is 11.9 Å². The fraction of sp³-hybridized carbons (Fsp3) is 0.800. The third-order valence-corrected chi connectivity index (χ3v) is 2.80. The van der Waals surface area contributed by atoms with Gasteiger partial charge in [-0.3, -0.25) is 9.59 Å². The van der Waals surface area contributed by atoms with Crippen molar-refractivity contribution >= 4 is 24.3 Å². The first-order valence-electron chi connectivity index (χ1n) is 4.88. The fourth-order valence-electron chi connectivity index (χ4n) is 0.952. The molecule has 1 unspecified atom stereocenters. The van der Waals surface area contributed by atoms with Crippen LogP contribution in [0, 0.1) is 0 Å². The molecule has 86 valence electrons. The molecule has 0 spiro atoms. The third-order valence-electron chi connectivity index (χ3n) is 1.66. The molecule has 0 saturated carbocycles. The molecule has 15 heavy (non-hydrogen) atoms. The molecule has 0 aromatic heterocycles. The molecule has 0 amide bonds. The fourth-order valence-corrected chi connectivity index (χ4v) is 1.85. The van der Waals surface area contributed by atoms with Crippen molar-refractivity contribution in [3.63, 3.8) is 0 Å². The van der Waals surface area contributed by atoms with Gasteiger partial charge < -0.3 is 9.84 Å². The predicted octanol–water partition coefficient (Wildman–Crippen LogP) is 0.487. The van der Waals surface area contributed by atoms with E-state index in [1.165, 1.54) is 11.8 Å². The highest BCUT2D eigenvalue weighted by Gasteiger charge is 2.08. The van der Waals surface area contributed by atoms with Crippen LogP contribution in [0.3, 0.4) is 0 Å². The average Bonchev–Trinajstić information content (AvgIpc) is 2.26. The monoisotopic (exact) mass is 232 g/mol. The number of rotatable bonds is 11. The van der Waals surface area contributed by atoms with Gasteiger partial charge in [0.05, 0.1) is 25.1 Å². The van der Waals surface area contributed by atoms with Crippen molar-refractivity contribution in [2.45, 2.75) is 24.5 Å². The molecule has 1 N–H and O–H groups in total. The van der Waals surface area contributed by atoms with Gasteiger partial charge in [-0.25, -0.2) is 0 Å².